The zero-order valence-corrected chi connectivity index (χ0v) is 9.48. The van der Waals surface area contributed by atoms with Crippen molar-refractivity contribution in [2.75, 3.05) is 16.4 Å². The van der Waals surface area contributed by atoms with Crippen LogP contribution in [0.1, 0.15) is 6.92 Å². The molecule has 0 fully saturated rings. The fraction of sp³-hybridized carbons (Fsp3) is 0.222. The van der Waals surface area contributed by atoms with Gasteiger partial charge < -0.3 is 16.4 Å². The van der Waals surface area contributed by atoms with Gasteiger partial charge in [-0.25, -0.2) is 4.39 Å². The minimum Gasteiger partial charge on any atom is -0.397 e. The Bertz CT molecular complexity index is 449. The lowest BCUT2D eigenvalue weighted by atomic mass is 10.1. The van der Waals surface area contributed by atoms with Crippen molar-refractivity contribution >= 4 is 38.9 Å². The monoisotopic (exact) mass is 273 g/mol. The number of hydrogen-bond acceptors (Lipinski definition) is 3. The molecule has 1 heterocycles. The van der Waals surface area contributed by atoms with Crippen LogP contribution in [-0.2, 0) is 4.79 Å². The van der Waals surface area contributed by atoms with Gasteiger partial charge in [0.05, 0.1) is 15.8 Å². The van der Waals surface area contributed by atoms with E-state index in [1.165, 1.54) is 6.07 Å². The second-order valence-corrected chi connectivity index (χ2v) is 4.22. The number of amides is 1. The van der Waals surface area contributed by atoms with Gasteiger partial charge in [-0.1, -0.05) is 0 Å². The summed E-state index contributed by atoms with van der Waals surface area (Å²) < 4.78 is 13.8. The highest BCUT2D eigenvalue weighted by Gasteiger charge is 2.26. The molecule has 80 valence electrons. The van der Waals surface area contributed by atoms with Crippen LogP contribution < -0.4 is 16.4 Å². The van der Waals surface area contributed by atoms with E-state index in [1.807, 2.05) is 0 Å². The number of fused-ring (bicyclic) bond motifs is 1. The summed E-state index contributed by atoms with van der Waals surface area (Å²) in [7, 11) is 0. The SMILES string of the molecule is CC1Nc2c(N)cc(Br)c(F)c2NC1=O. The smallest absolute Gasteiger partial charge is 0.246 e. The van der Waals surface area contributed by atoms with E-state index in [0.29, 0.717) is 11.4 Å². The molecule has 1 aromatic carbocycles. The minimum atomic E-state index is -0.521. The number of rotatable bonds is 0. The van der Waals surface area contributed by atoms with Crippen LogP contribution in [0.2, 0.25) is 0 Å². The third-order valence-electron chi connectivity index (χ3n) is 2.25. The van der Waals surface area contributed by atoms with Gasteiger partial charge in [0.15, 0.2) is 5.82 Å². The number of hydrogen-bond donors (Lipinski definition) is 3. The van der Waals surface area contributed by atoms with Crippen LogP contribution in [0.5, 0.6) is 0 Å². The quantitative estimate of drug-likeness (QED) is 0.633. The van der Waals surface area contributed by atoms with Gasteiger partial charge in [-0.2, -0.15) is 0 Å². The normalized spacial score (nSPS) is 19.1. The molecular weight excluding hydrogens is 265 g/mol. The Labute approximate surface area is 94.2 Å². The summed E-state index contributed by atoms with van der Waals surface area (Å²) in [6, 6.07) is 1.05. The van der Waals surface area contributed by atoms with Gasteiger partial charge in [0.25, 0.3) is 0 Å². The number of halogens is 2. The summed E-state index contributed by atoms with van der Waals surface area (Å²) in [4.78, 5) is 11.3. The summed E-state index contributed by atoms with van der Waals surface area (Å²) >= 11 is 3.03. The third kappa shape index (κ3) is 1.54. The van der Waals surface area contributed by atoms with Crippen molar-refractivity contribution in [1.29, 1.82) is 0 Å². The maximum atomic E-state index is 13.6. The predicted octanol–water partition coefficient (Wildman–Crippen LogP) is 1.92. The Hall–Kier alpha value is -1.30. The molecule has 0 radical (unpaired) electrons. The number of carbonyl (C=O) groups is 1. The second kappa shape index (κ2) is 3.37. The molecule has 0 aliphatic carbocycles. The fourth-order valence-electron chi connectivity index (χ4n) is 1.43. The van der Waals surface area contributed by atoms with Crippen LogP contribution in [0.3, 0.4) is 0 Å². The fourth-order valence-corrected chi connectivity index (χ4v) is 1.88. The molecule has 1 unspecified atom stereocenters. The van der Waals surface area contributed by atoms with Gasteiger partial charge in [0.1, 0.15) is 11.7 Å². The van der Waals surface area contributed by atoms with E-state index in [0.717, 1.165) is 0 Å². The minimum absolute atomic E-state index is 0.102. The molecule has 0 saturated carbocycles. The van der Waals surface area contributed by atoms with E-state index in [1.54, 1.807) is 6.92 Å². The van der Waals surface area contributed by atoms with E-state index in [-0.39, 0.29) is 16.1 Å². The van der Waals surface area contributed by atoms with Gasteiger partial charge in [-0.05, 0) is 28.9 Å². The average molecular weight is 274 g/mol. The maximum Gasteiger partial charge on any atom is 0.246 e. The van der Waals surface area contributed by atoms with Crippen molar-refractivity contribution in [2.45, 2.75) is 13.0 Å². The lowest BCUT2D eigenvalue weighted by Gasteiger charge is -2.26. The summed E-state index contributed by atoms with van der Waals surface area (Å²) in [5, 5.41) is 5.32. The molecule has 1 amide bonds. The van der Waals surface area contributed by atoms with Crippen LogP contribution in [0.15, 0.2) is 10.5 Å². The van der Waals surface area contributed by atoms with E-state index >= 15 is 0 Å². The summed E-state index contributed by atoms with van der Waals surface area (Å²) in [6.45, 7) is 1.68. The van der Waals surface area contributed by atoms with Gasteiger partial charge in [-0.3, -0.25) is 4.79 Å². The van der Waals surface area contributed by atoms with Crippen molar-refractivity contribution in [1.82, 2.24) is 0 Å². The van der Waals surface area contributed by atoms with E-state index in [9.17, 15) is 9.18 Å². The Morgan fingerprint density at radius 3 is 2.87 bits per heavy atom. The molecule has 0 saturated heterocycles. The van der Waals surface area contributed by atoms with Crippen LogP contribution in [0, 0.1) is 5.82 Å². The maximum absolute atomic E-state index is 13.6. The van der Waals surface area contributed by atoms with Crippen molar-refractivity contribution in [3.05, 3.63) is 16.4 Å². The topological polar surface area (TPSA) is 67.2 Å². The zero-order valence-electron chi connectivity index (χ0n) is 7.90. The number of nitrogens with one attached hydrogen (secondary N) is 2. The van der Waals surface area contributed by atoms with Crippen LogP contribution >= 0.6 is 15.9 Å². The molecule has 0 aromatic heterocycles. The molecule has 6 heteroatoms. The molecule has 4 nitrogen and oxygen atoms in total. The molecule has 2 rings (SSSR count). The molecule has 0 spiro atoms. The lowest BCUT2D eigenvalue weighted by molar-refractivity contribution is -0.116. The lowest BCUT2D eigenvalue weighted by Crippen LogP contribution is -2.37. The number of anilines is 3. The molecular formula is C9H9BrFN3O. The Morgan fingerprint density at radius 2 is 2.20 bits per heavy atom. The third-order valence-corrected chi connectivity index (χ3v) is 2.83. The van der Waals surface area contributed by atoms with Crippen LogP contribution in [0.25, 0.3) is 0 Å². The van der Waals surface area contributed by atoms with Gasteiger partial charge in [0.2, 0.25) is 5.91 Å². The molecule has 1 aliphatic rings. The largest absolute Gasteiger partial charge is 0.397 e. The van der Waals surface area contributed by atoms with Gasteiger partial charge in [0, 0.05) is 0 Å². The Kier molecular flexibility index (Phi) is 2.30. The van der Waals surface area contributed by atoms with E-state index < -0.39 is 11.9 Å². The molecule has 15 heavy (non-hydrogen) atoms. The standard InChI is InChI=1S/C9H9BrFN3O/c1-3-9(15)14-8-6(11)4(10)2-5(12)7(8)13-3/h2-3,13H,12H2,1H3,(H,14,15). The molecule has 1 aliphatic heterocycles. The molecule has 1 aromatic rings. The van der Waals surface area contributed by atoms with Gasteiger partial charge >= 0.3 is 0 Å². The van der Waals surface area contributed by atoms with Crippen LogP contribution in [0.4, 0.5) is 21.5 Å². The highest BCUT2D eigenvalue weighted by atomic mass is 79.9. The van der Waals surface area contributed by atoms with Crippen molar-refractivity contribution in [2.24, 2.45) is 0 Å². The van der Waals surface area contributed by atoms with E-state index in [2.05, 4.69) is 26.6 Å². The predicted molar refractivity (Wildman–Crippen MR) is 60.2 cm³/mol. The Morgan fingerprint density at radius 1 is 1.53 bits per heavy atom. The van der Waals surface area contributed by atoms with Gasteiger partial charge in [-0.15, -0.1) is 0 Å². The number of nitrogen functional groups attached to an aromatic ring is 1. The highest BCUT2D eigenvalue weighted by Crippen LogP contribution is 2.38. The highest BCUT2D eigenvalue weighted by molar-refractivity contribution is 9.10. The number of nitrogens with two attached hydrogens (primary N) is 1. The Balaban J connectivity index is 2.61. The summed E-state index contributed by atoms with van der Waals surface area (Å²) in [6.07, 6.45) is 0. The van der Waals surface area contributed by atoms with E-state index in [4.69, 9.17) is 5.73 Å². The summed E-state index contributed by atoms with van der Waals surface area (Å²) in [5.41, 5.74) is 6.64. The van der Waals surface area contributed by atoms with Crippen molar-refractivity contribution in [3.8, 4) is 0 Å². The van der Waals surface area contributed by atoms with Crippen LogP contribution in [-0.4, -0.2) is 11.9 Å². The first-order valence-corrected chi connectivity index (χ1v) is 5.15. The molecule has 0 bridgehead atoms. The first-order chi connectivity index (χ1) is 7.00. The second-order valence-electron chi connectivity index (χ2n) is 3.37. The number of benzene rings is 1. The first-order valence-electron chi connectivity index (χ1n) is 4.35. The first kappa shape index (κ1) is 10.2. The summed E-state index contributed by atoms with van der Waals surface area (Å²) in [5.74, 6) is -0.800. The molecule has 4 N–H and O–H groups in total. The van der Waals surface area contributed by atoms with Crippen molar-refractivity contribution in [3.63, 3.8) is 0 Å². The van der Waals surface area contributed by atoms with Crippen molar-refractivity contribution < 1.29 is 9.18 Å². The zero-order chi connectivity index (χ0) is 11.2. The molecule has 1 atom stereocenters. The number of carbonyl (C=O) groups excluding carboxylic acids is 1. The average Bonchev–Trinajstić information content (AvgIpc) is 2.18.